The fourth-order valence-electron chi connectivity index (χ4n) is 3.98. The molecule has 29 heavy (non-hydrogen) atoms. The molecule has 1 heteroatoms. The first-order valence-electron chi connectivity index (χ1n) is 11.2. The number of unbranched alkanes of at least 4 members (excludes halogenated alkanes) is 2. The van der Waals surface area contributed by atoms with Crippen LogP contribution < -0.4 is 15.9 Å². The van der Waals surface area contributed by atoms with Gasteiger partial charge in [-0.3, -0.25) is 0 Å². The molecule has 0 bridgehead atoms. The van der Waals surface area contributed by atoms with Crippen LogP contribution in [0.4, 0.5) is 0 Å². The van der Waals surface area contributed by atoms with Crippen LogP contribution in [0.3, 0.4) is 0 Å². The summed E-state index contributed by atoms with van der Waals surface area (Å²) in [7, 11) is -0.558. The van der Waals surface area contributed by atoms with E-state index in [9.17, 15) is 0 Å². The highest BCUT2D eigenvalue weighted by Crippen LogP contribution is 2.37. The second-order valence-corrected chi connectivity index (χ2v) is 10.1. The Kier molecular flexibility index (Phi) is 8.08. The molecule has 0 aliphatic rings. The third-order valence-electron chi connectivity index (χ3n) is 5.88. The highest BCUT2D eigenvalue weighted by Gasteiger charge is 2.23. The number of aryl methyl sites for hydroxylation is 3. The van der Waals surface area contributed by atoms with Crippen molar-refractivity contribution >= 4 is 23.8 Å². The first-order valence-corrected chi connectivity index (χ1v) is 12.5. The van der Waals surface area contributed by atoms with Crippen molar-refractivity contribution in [3.63, 3.8) is 0 Å². The molecular weight excluding hydrogens is 367 g/mol. The van der Waals surface area contributed by atoms with E-state index in [1.807, 2.05) is 0 Å². The summed E-state index contributed by atoms with van der Waals surface area (Å²) in [6.07, 6.45) is 7.33. The summed E-state index contributed by atoms with van der Waals surface area (Å²) in [6.45, 7) is 9.13. The fourth-order valence-corrected chi connectivity index (χ4v) is 6.93. The summed E-state index contributed by atoms with van der Waals surface area (Å²) in [6, 6.07) is 25.3. The number of benzene rings is 3. The Balaban J connectivity index is 2.21. The molecule has 0 aromatic heterocycles. The van der Waals surface area contributed by atoms with Crippen molar-refractivity contribution in [2.24, 2.45) is 0 Å². The van der Waals surface area contributed by atoms with Crippen molar-refractivity contribution < 1.29 is 0 Å². The molecule has 0 heterocycles. The first-order chi connectivity index (χ1) is 14.2. The van der Waals surface area contributed by atoms with Gasteiger partial charge >= 0.3 is 0 Å². The van der Waals surface area contributed by atoms with Gasteiger partial charge in [0.25, 0.3) is 0 Å². The van der Waals surface area contributed by atoms with Crippen LogP contribution in [0.2, 0.25) is 0 Å². The predicted molar refractivity (Wildman–Crippen MR) is 132 cm³/mol. The lowest BCUT2D eigenvalue weighted by Gasteiger charge is -2.26. The SMILES string of the molecule is CCCCc1ccccc1P(c1ccccc1CCCC)c1cccc(C)c1C. The van der Waals surface area contributed by atoms with Gasteiger partial charge in [-0.2, -0.15) is 0 Å². The molecule has 0 saturated heterocycles. The summed E-state index contributed by atoms with van der Waals surface area (Å²) in [5.41, 5.74) is 5.92. The second-order valence-electron chi connectivity index (χ2n) is 8.02. The van der Waals surface area contributed by atoms with Crippen LogP contribution in [0.5, 0.6) is 0 Å². The van der Waals surface area contributed by atoms with Gasteiger partial charge in [0.05, 0.1) is 0 Å². The van der Waals surface area contributed by atoms with E-state index in [1.165, 1.54) is 66.1 Å². The molecule has 3 aromatic rings. The summed E-state index contributed by atoms with van der Waals surface area (Å²) < 4.78 is 0. The molecule has 0 atom stereocenters. The number of hydrogen-bond donors (Lipinski definition) is 0. The van der Waals surface area contributed by atoms with Crippen molar-refractivity contribution in [3.8, 4) is 0 Å². The molecule has 0 saturated carbocycles. The van der Waals surface area contributed by atoms with E-state index in [-0.39, 0.29) is 0 Å². The third-order valence-corrected chi connectivity index (χ3v) is 8.68. The van der Waals surface area contributed by atoms with E-state index in [4.69, 9.17) is 0 Å². The minimum absolute atomic E-state index is 0.558. The Hall–Kier alpha value is -1.91. The second kappa shape index (κ2) is 10.7. The molecule has 0 amide bonds. The minimum atomic E-state index is -0.558. The molecule has 0 unspecified atom stereocenters. The van der Waals surface area contributed by atoms with Gasteiger partial charge in [0, 0.05) is 0 Å². The highest BCUT2D eigenvalue weighted by atomic mass is 31.1. The zero-order valence-electron chi connectivity index (χ0n) is 18.5. The van der Waals surface area contributed by atoms with Crippen molar-refractivity contribution in [2.75, 3.05) is 0 Å². The van der Waals surface area contributed by atoms with Gasteiger partial charge in [0.15, 0.2) is 0 Å². The molecule has 3 aromatic carbocycles. The average molecular weight is 403 g/mol. The summed E-state index contributed by atoms with van der Waals surface area (Å²) >= 11 is 0. The predicted octanol–water partition coefficient (Wildman–Crippen LogP) is 6.75. The average Bonchev–Trinajstić information content (AvgIpc) is 2.75. The Morgan fingerprint density at radius 3 is 1.59 bits per heavy atom. The maximum atomic E-state index is 2.40. The Bertz CT molecular complexity index is 874. The maximum Gasteiger partial charge on any atom is -0.0119 e. The molecule has 0 N–H and O–H groups in total. The Morgan fingerprint density at radius 1 is 0.586 bits per heavy atom. The lowest BCUT2D eigenvalue weighted by atomic mass is 10.1. The molecule has 0 nitrogen and oxygen atoms in total. The topological polar surface area (TPSA) is 0 Å². The minimum Gasteiger partial charge on any atom is -0.0654 e. The Labute approximate surface area is 179 Å². The van der Waals surface area contributed by atoms with E-state index in [1.54, 1.807) is 10.6 Å². The van der Waals surface area contributed by atoms with Crippen LogP contribution in [0.1, 0.15) is 61.8 Å². The smallest absolute Gasteiger partial charge is 0.0119 e. The summed E-state index contributed by atoms with van der Waals surface area (Å²) in [4.78, 5) is 0. The van der Waals surface area contributed by atoms with Gasteiger partial charge in [0.1, 0.15) is 0 Å². The molecular formula is C28H35P. The largest absolute Gasteiger partial charge is 0.0654 e. The van der Waals surface area contributed by atoms with Gasteiger partial charge < -0.3 is 0 Å². The van der Waals surface area contributed by atoms with Crippen LogP contribution in [0.15, 0.2) is 66.7 Å². The highest BCUT2D eigenvalue weighted by molar-refractivity contribution is 7.80. The molecule has 0 aliphatic carbocycles. The van der Waals surface area contributed by atoms with Crippen LogP contribution in [0.25, 0.3) is 0 Å². The number of hydrogen-bond acceptors (Lipinski definition) is 0. The van der Waals surface area contributed by atoms with E-state index >= 15 is 0 Å². The number of rotatable bonds is 9. The van der Waals surface area contributed by atoms with Gasteiger partial charge in [-0.05, 0) is 85.6 Å². The van der Waals surface area contributed by atoms with E-state index < -0.39 is 7.92 Å². The van der Waals surface area contributed by atoms with Crippen molar-refractivity contribution in [3.05, 3.63) is 89.0 Å². The van der Waals surface area contributed by atoms with Crippen LogP contribution in [-0.4, -0.2) is 0 Å². The van der Waals surface area contributed by atoms with Gasteiger partial charge in [-0.25, -0.2) is 0 Å². The van der Waals surface area contributed by atoms with Gasteiger partial charge in [0.2, 0.25) is 0 Å². The first kappa shape index (κ1) is 21.8. The third kappa shape index (κ3) is 5.18. The van der Waals surface area contributed by atoms with E-state index in [0.717, 1.165) is 0 Å². The maximum absolute atomic E-state index is 2.40. The van der Waals surface area contributed by atoms with Crippen molar-refractivity contribution in [1.82, 2.24) is 0 Å². The monoisotopic (exact) mass is 402 g/mol. The zero-order valence-corrected chi connectivity index (χ0v) is 19.4. The van der Waals surface area contributed by atoms with Crippen molar-refractivity contribution in [2.45, 2.75) is 66.2 Å². The zero-order chi connectivity index (χ0) is 20.6. The molecule has 0 spiro atoms. The Morgan fingerprint density at radius 2 is 1.07 bits per heavy atom. The lowest BCUT2D eigenvalue weighted by Crippen LogP contribution is -2.27. The van der Waals surface area contributed by atoms with Crippen LogP contribution >= 0.6 is 7.92 Å². The molecule has 152 valence electrons. The molecule has 0 radical (unpaired) electrons. The van der Waals surface area contributed by atoms with Gasteiger partial charge in [-0.1, -0.05) is 93.4 Å². The fraction of sp³-hybridized carbons (Fsp3) is 0.357. The van der Waals surface area contributed by atoms with E-state index in [2.05, 4.69) is 94.4 Å². The molecule has 3 rings (SSSR count). The van der Waals surface area contributed by atoms with Crippen molar-refractivity contribution in [1.29, 1.82) is 0 Å². The normalized spacial score (nSPS) is 11.2. The van der Waals surface area contributed by atoms with E-state index in [0.29, 0.717) is 0 Å². The van der Waals surface area contributed by atoms with Gasteiger partial charge in [-0.15, -0.1) is 0 Å². The van der Waals surface area contributed by atoms with Crippen LogP contribution in [-0.2, 0) is 12.8 Å². The summed E-state index contributed by atoms with van der Waals surface area (Å²) in [5.74, 6) is 0. The standard InChI is InChI=1S/C28H35P/c1-5-7-15-24-17-9-11-19-27(24)29(26-21-13-14-22(3)23(26)4)28-20-12-10-18-25(28)16-8-6-2/h9-14,17-21H,5-8,15-16H2,1-4H3. The molecule has 0 aliphatic heterocycles. The lowest BCUT2D eigenvalue weighted by molar-refractivity contribution is 0.797. The molecule has 0 fully saturated rings. The quantitative estimate of drug-likeness (QED) is 0.347. The summed E-state index contributed by atoms with van der Waals surface area (Å²) in [5, 5.41) is 4.62. The van der Waals surface area contributed by atoms with Crippen LogP contribution in [0, 0.1) is 13.8 Å².